The summed E-state index contributed by atoms with van der Waals surface area (Å²) < 4.78 is 0. The van der Waals surface area contributed by atoms with Crippen LogP contribution in [-0.2, 0) is 0 Å². The zero-order chi connectivity index (χ0) is 7.82. The van der Waals surface area contributed by atoms with E-state index in [0.29, 0.717) is 6.04 Å². The minimum atomic E-state index is 0.706. The average Bonchev–Trinajstić information content (AvgIpc) is 1.98. The maximum atomic E-state index is 3.43. The zero-order valence-electron chi connectivity index (χ0n) is 7.41. The quantitative estimate of drug-likeness (QED) is 0.581. The van der Waals surface area contributed by atoms with Gasteiger partial charge in [-0.25, -0.2) is 0 Å². The number of nitrogens with one attached hydrogen (secondary N) is 2. The fraction of sp³-hybridized carbons (Fsp3) is 1.00. The fourth-order valence-electron chi connectivity index (χ4n) is 1.06. The van der Waals surface area contributed by atoms with Crippen LogP contribution < -0.4 is 10.6 Å². The largest absolute Gasteiger partial charge is 0.320 e. The van der Waals surface area contributed by atoms with Crippen molar-refractivity contribution >= 4 is 0 Å². The van der Waals surface area contributed by atoms with Crippen LogP contribution in [0.4, 0.5) is 0 Å². The highest BCUT2D eigenvalue weighted by atomic mass is 14.9. The van der Waals surface area contributed by atoms with E-state index in [-0.39, 0.29) is 0 Å². The van der Waals surface area contributed by atoms with Gasteiger partial charge in [0.05, 0.1) is 0 Å². The van der Waals surface area contributed by atoms with Gasteiger partial charge in [-0.15, -0.1) is 0 Å². The monoisotopic (exact) mass is 144 g/mol. The lowest BCUT2D eigenvalue weighted by molar-refractivity contribution is 0.472. The Bertz CT molecular complexity index is 64.3. The Kier molecular flexibility index (Phi) is 6.98. The van der Waals surface area contributed by atoms with E-state index in [2.05, 4.69) is 24.5 Å². The van der Waals surface area contributed by atoms with Crippen LogP contribution in [-0.4, -0.2) is 26.2 Å². The smallest absolute Gasteiger partial charge is 0.00764 e. The molecule has 0 fully saturated rings. The van der Waals surface area contributed by atoms with Gasteiger partial charge in [0, 0.05) is 6.04 Å². The summed E-state index contributed by atoms with van der Waals surface area (Å²) in [4.78, 5) is 0. The van der Waals surface area contributed by atoms with Gasteiger partial charge >= 0.3 is 0 Å². The summed E-state index contributed by atoms with van der Waals surface area (Å²) in [5.41, 5.74) is 0. The highest BCUT2D eigenvalue weighted by Crippen LogP contribution is 1.94. The number of hydrogen-bond donors (Lipinski definition) is 2. The summed E-state index contributed by atoms with van der Waals surface area (Å²) in [5.74, 6) is 0. The molecule has 0 aromatic heterocycles. The molecule has 2 N–H and O–H groups in total. The molecule has 2 nitrogen and oxygen atoms in total. The maximum absolute atomic E-state index is 3.43. The van der Waals surface area contributed by atoms with Crippen LogP contribution in [0.2, 0.25) is 0 Å². The topological polar surface area (TPSA) is 24.1 Å². The number of rotatable bonds is 6. The third-order valence-corrected chi connectivity index (χ3v) is 1.73. The molecule has 62 valence electrons. The summed E-state index contributed by atoms with van der Waals surface area (Å²) in [6.07, 6.45) is 2.47. The van der Waals surface area contributed by atoms with Crippen molar-refractivity contribution in [3.63, 3.8) is 0 Å². The Hall–Kier alpha value is -0.0800. The van der Waals surface area contributed by atoms with Gasteiger partial charge in [-0.3, -0.25) is 0 Å². The van der Waals surface area contributed by atoms with Crippen LogP contribution in [0.15, 0.2) is 0 Å². The Labute approximate surface area is 64.4 Å². The predicted molar refractivity (Wildman–Crippen MR) is 46.3 cm³/mol. The summed E-state index contributed by atoms with van der Waals surface area (Å²) in [6, 6.07) is 0.706. The Morgan fingerprint density at radius 1 is 1.30 bits per heavy atom. The molecule has 0 saturated carbocycles. The summed E-state index contributed by atoms with van der Waals surface area (Å²) >= 11 is 0. The maximum Gasteiger partial charge on any atom is 0.00764 e. The molecule has 0 saturated heterocycles. The van der Waals surface area contributed by atoms with Crippen LogP contribution in [0.3, 0.4) is 0 Å². The molecule has 0 bridgehead atoms. The molecule has 1 atom stereocenters. The molecule has 0 aromatic carbocycles. The lowest BCUT2D eigenvalue weighted by Crippen LogP contribution is -2.30. The van der Waals surface area contributed by atoms with Crippen LogP contribution in [0.1, 0.15) is 26.7 Å². The van der Waals surface area contributed by atoms with E-state index in [9.17, 15) is 0 Å². The van der Waals surface area contributed by atoms with Crippen molar-refractivity contribution in [1.29, 1.82) is 0 Å². The van der Waals surface area contributed by atoms with Crippen molar-refractivity contribution in [2.75, 3.05) is 20.1 Å². The van der Waals surface area contributed by atoms with Gasteiger partial charge in [0.15, 0.2) is 0 Å². The van der Waals surface area contributed by atoms with Crippen LogP contribution in [0, 0.1) is 0 Å². The van der Waals surface area contributed by atoms with E-state index >= 15 is 0 Å². The molecule has 0 aliphatic carbocycles. The summed E-state index contributed by atoms with van der Waals surface area (Å²) in [7, 11) is 2.00. The standard InChI is InChI=1S/C8H20N2/c1-4-8(10-5-2)6-7-9-3/h8-10H,4-7H2,1-3H3. The van der Waals surface area contributed by atoms with Gasteiger partial charge in [-0.2, -0.15) is 0 Å². The Morgan fingerprint density at radius 2 is 2.00 bits per heavy atom. The Morgan fingerprint density at radius 3 is 2.40 bits per heavy atom. The molecule has 0 aromatic rings. The predicted octanol–water partition coefficient (Wildman–Crippen LogP) is 0.984. The highest BCUT2D eigenvalue weighted by molar-refractivity contribution is 4.63. The molecule has 0 heterocycles. The molecule has 10 heavy (non-hydrogen) atoms. The second-order valence-corrected chi connectivity index (χ2v) is 2.56. The molecule has 0 amide bonds. The summed E-state index contributed by atoms with van der Waals surface area (Å²) in [5, 5.41) is 6.58. The van der Waals surface area contributed by atoms with Gasteiger partial charge in [0.2, 0.25) is 0 Å². The van der Waals surface area contributed by atoms with Crippen LogP contribution in [0.5, 0.6) is 0 Å². The number of hydrogen-bond acceptors (Lipinski definition) is 2. The first-order valence-corrected chi connectivity index (χ1v) is 4.23. The van der Waals surface area contributed by atoms with Gasteiger partial charge < -0.3 is 10.6 Å². The van der Waals surface area contributed by atoms with Gasteiger partial charge in [0.1, 0.15) is 0 Å². The lowest BCUT2D eigenvalue weighted by atomic mass is 10.1. The van der Waals surface area contributed by atoms with E-state index in [1.165, 1.54) is 12.8 Å². The molecule has 0 radical (unpaired) electrons. The average molecular weight is 144 g/mol. The van der Waals surface area contributed by atoms with E-state index in [4.69, 9.17) is 0 Å². The SMILES string of the molecule is CCNC(CC)CCNC. The third kappa shape index (κ3) is 4.77. The molecule has 2 heteroatoms. The molecule has 0 aliphatic rings. The first-order chi connectivity index (χ1) is 4.85. The molecule has 0 spiro atoms. The van der Waals surface area contributed by atoms with Crippen molar-refractivity contribution < 1.29 is 0 Å². The Balaban J connectivity index is 3.21. The van der Waals surface area contributed by atoms with Crippen molar-refractivity contribution in [2.45, 2.75) is 32.7 Å². The lowest BCUT2D eigenvalue weighted by Gasteiger charge is -2.14. The van der Waals surface area contributed by atoms with E-state index < -0.39 is 0 Å². The molecule has 0 aliphatic heterocycles. The second kappa shape index (κ2) is 7.03. The first-order valence-electron chi connectivity index (χ1n) is 4.23. The fourth-order valence-corrected chi connectivity index (χ4v) is 1.06. The normalized spacial score (nSPS) is 13.5. The molecular formula is C8H20N2. The minimum absolute atomic E-state index is 0.706. The zero-order valence-corrected chi connectivity index (χ0v) is 7.41. The second-order valence-electron chi connectivity index (χ2n) is 2.56. The summed E-state index contributed by atoms with van der Waals surface area (Å²) in [6.45, 7) is 6.58. The van der Waals surface area contributed by atoms with Crippen molar-refractivity contribution in [2.24, 2.45) is 0 Å². The molecule has 1 unspecified atom stereocenters. The third-order valence-electron chi connectivity index (χ3n) is 1.73. The van der Waals surface area contributed by atoms with Crippen molar-refractivity contribution in [1.82, 2.24) is 10.6 Å². The van der Waals surface area contributed by atoms with Gasteiger partial charge in [0.25, 0.3) is 0 Å². The van der Waals surface area contributed by atoms with Crippen LogP contribution >= 0.6 is 0 Å². The van der Waals surface area contributed by atoms with Crippen LogP contribution in [0.25, 0.3) is 0 Å². The first kappa shape index (κ1) is 9.92. The van der Waals surface area contributed by atoms with E-state index in [1.54, 1.807) is 0 Å². The molecule has 0 rings (SSSR count). The van der Waals surface area contributed by atoms with E-state index in [0.717, 1.165) is 13.1 Å². The van der Waals surface area contributed by atoms with Gasteiger partial charge in [-0.1, -0.05) is 13.8 Å². The highest BCUT2D eigenvalue weighted by Gasteiger charge is 2.01. The minimum Gasteiger partial charge on any atom is -0.320 e. The van der Waals surface area contributed by atoms with E-state index in [1.807, 2.05) is 7.05 Å². The van der Waals surface area contributed by atoms with Crippen molar-refractivity contribution in [3.8, 4) is 0 Å². The molecular weight excluding hydrogens is 124 g/mol. The van der Waals surface area contributed by atoms with Crippen molar-refractivity contribution in [3.05, 3.63) is 0 Å². The van der Waals surface area contributed by atoms with Gasteiger partial charge in [-0.05, 0) is 33.0 Å².